The standard InChI is InChI=1S/C12H22F3N3O/c1-3-17(2)11(19)8-16-10-4-6-18(7-5-10)9-12(13,14)15/h10,16H,3-9H2,1-2H3. The van der Waals surface area contributed by atoms with Crippen LogP contribution in [0.1, 0.15) is 19.8 Å². The zero-order chi connectivity index (χ0) is 14.5. The smallest absolute Gasteiger partial charge is 0.345 e. The fraction of sp³-hybridized carbons (Fsp3) is 0.917. The molecule has 0 aliphatic carbocycles. The second-order valence-electron chi connectivity index (χ2n) is 4.95. The quantitative estimate of drug-likeness (QED) is 0.819. The van der Waals surface area contributed by atoms with Crippen LogP contribution in [0.15, 0.2) is 0 Å². The summed E-state index contributed by atoms with van der Waals surface area (Å²) in [5, 5.41) is 3.12. The Labute approximate surface area is 111 Å². The van der Waals surface area contributed by atoms with Gasteiger partial charge in [-0.05, 0) is 32.9 Å². The number of carbonyl (C=O) groups excluding carboxylic acids is 1. The molecule has 0 atom stereocenters. The van der Waals surface area contributed by atoms with E-state index in [0.29, 0.717) is 32.5 Å². The molecule has 1 rings (SSSR count). The van der Waals surface area contributed by atoms with Crippen molar-refractivity contribution in [3.8, 4) is 0 Å². The summed E-state index contributed by atoms with van der Waals surface area (Å²) < 4.78 is 36.6. The number of halogens is 3. The SMILES string of the molecule is CCN(C)C(=O)CNC1CCN(CC(F)(F)F)CC1. The van der Waals surface area contributed by atoms with E-state index >= 15 is 0 Å². The molecule has 0 spiro atoms. The summed E-state index contributed by atoms with van der Waals surface area (Å²) in [5.41, 5.74) is 0. The van der Waals surface area contributed by atoms with Gasteiger partial charge in [-0.1, -0.05) is 0 Å². The summed E-state index contributed by atoms with van der Waals surface area (Å²) in [6.45, 7) is 2.83. The minimum Gasteiger partial charge on any atom is -0.345 e. The zero-order valence-electron chi connectivity index (χ0n) is 11.5. The van der Waals surface area contributed by atoms with Crippen LogP contribution in [0.4, 0.5) is 13.2 Å². The van der Waals surface area contributed by atoms with Gasteiger partial charge in [-0.2, -0.15) is 13.2 Å². The molecule has 0 radical (unpaired) electrons. The Morgan fingerprint density at radius 1 is 1.37 bits per heavy atom. The van der Waals surface area contributed by atoms with E-state index < -0.39 is 12.7 Å². The van der Waals surface area contributed by atoms with Crippen molar-refractivity contribution >= 4 is 5.91 Å². The highest BCUT2D eigenvalue weighted by atomic mass is 19.4. The predicted octanol–water partition coefficient (Wildman–Crippen LogP) is 1.08. The number of likely N-dealkylation sites (tertiary alicyclic amines) is 1. The molecule has 0 bridgehead atoms. The van der Waals surface area contributed by atoms with Gasteiger partial charge in [0.1, 0.15) is 0 Å². The van der Waals surface area contributed by atoms with Gasteiger partial charge in [-0.25, -0.2) is 0 Å². The molecule has 7 heteroatoms. The Morgan fingerprint density at radius 3 is 2.42 bits per heavy atom. The van der Waals surface area contributed by atoms with Crippen LogP contribution in [0.25, 0.3) is 0 Å². The highest BCUT2D eigenvalue weighted by Crippen LogP contribution is 2.19. The van der Waals surface area contributed by atoms with E-state index in [1.807, 2.05) is 6.92 Å². The van der Waals surface area contributed by atoms with Crippen LogP contribution in [0.2, 0.25) is 0 Å². The third-order valence-corrected chi connectivity index (χ3v) is 3.43. The van der Waals surface area contributed by atoms with Crippen LogP contribution < -0.4 is 5.32 Å². The lowest BCUT2D eigenvalue weighted by molar-refractivity contribution is -0.148. The second-order valence-corrected chi connectivity index (χ2v) is 4.95. The molecule has 4 nitrogen and oxygen atoms in total. The molecule has 1 N–H and O–H groups in total. The molecule has 0 aromatic carbocycles. The van der Waals surface area contributed by atoms with Crippen LogP contribution in [0.5, 0.6) is 0 Å². The monoisotopic (exact) mass is 281 g/mol. The van der Waals surface area contributed by atoms with E-state index in [2.05, 4.69) is 5.32 Å². The van der Waals surface area contributed by atoms with Crippen molar-refractivity contribution < 1.29 is 18.0 Å². The maximum Gasteiger partial charge on any atom is 0.401 e. The number of likely N-dealkylation sites (N-methyl/N-ethyl adjacent to an activating group) is 1. The van der Waals surface area contributed by atoms with E-state index in [1.165, 1.54) is 4.90 Å². The Balaban J connectivity index is 2.22. The average Bonchev–Trinajstić information content (AvgIpc) is 2.34. The normalized spacial score (nSPS) is 18.6. The van der Waals surface area contributed by atoms with Gasteiger partial charge in [-0.3, -0.25) is 9.69 Å². The van der Waals surface area contributed by atoms with Crippen molar-refractivity contribution in [1.82, 2.24) is 15.1 Å². The highest BCUT2D eigenvalue weighted by molar-refractivity contribution is 5.77. The van der Waals surface area contributed by atoms with Crippen molar-refractivity contribution in [2.45, 2.75) is 32.0 Å². The van der Waals surface area contributed by atoms with Gasteiger partial charge in [-0.15, -0.1) is 0 Å². The Bertz CT molecular complexity index is 288. The minimum absolute atomic E-state index is 0.0141. The van der Waals surface area contributed by atoms with E-state index in [0.717, 1.165) is 0 Å². The molecular formula is C12H22F3N3O. The van der Waals surface area contributed by atoms with E-state index in [4.69, 9.17) is 0 Å². The lowest BCUT2D eigenvalue weighted by atomic mass is 10.1. The number of piperidine rings is 1. The van der Waals surface area contributed by atoms with Gasteiger partial charge in [0.2, 0.25) is 5.91 Å². The van der Waals surface area contributed by atoms with Crippen LogP contribution in [-0.2, 0) is 4.79 Å². The van der Waals surface area contributed by atoms with E-state index in [9.17, 15) is 18.0 Å². The molecule has 1 amide bonds. The van der Waals surface area contributed by atoms with Gasteiger partial charge in [0.25, 0.3) is 0 Å². The van der Waals surface area contributed by atoms with Gasteiger partial charge in [0.15, 0.2) is 0 Å². The largest absolute Gasteiger partial charge is 0.401 e. The summed E-state index contributed by atoms with van der Waals surface area (Å²) >= 11 is 0. The Morgan fingerprint density at radius 2 is 1.95 bits per heavy atom. The van der Waals surface area contributed by atoms with Gasteiger partial charge in [0, 0.05) is 19.6 Å². The number of nitrogens with one attached hydrogen (secondary N) is 1. The number of nitrogens with zero attached hydrogens (tertiary/aromatic N) is 2. The van der Waals surface area contributed by atoms with Crippen LogP contribution >= 0.6 is 0 Å². The van der Waals surface area contributed by atoms with Crippen molar-refractivity contribution in [3.63, 3.8) is 0 Å². The molecule has 0 aromatic heterocycles. The molecule has 0 aromatic rings. The van der Waals surface area contributed by atoms with Crippen LogP contribution in [-0.4, -0.2) is 67.7 Å². The number of hydrogen-bond acceptors (Lipinski definition) is 3. The molecule has 1 saturated heterocycles. The molecular weight excluding hydrogens is 259 g/mol. The average molecular weight is 281 g/mol. The molecule has 1 heterocycles. The number of alkyl halides is 3. The van der Waals surface area contributed by atoms with Gasteiger partial charge < -0.3 is 10.2 Å². The Hall–Kier alpha value is -0.820. The number of rotatable bonds is 5. The van der Waals surface area contributed by atoms with Crippen LogP contribution in [0, 0.1) is 0 Å². The van der Waals surface area contributed by atoms with Crippen LogP contribution in [0.3, 0.4) is 0 Å². The van der Waals surface area contributed by atoms with Gasteiger partial charge in [0.05, 0.1) is 13.1 Å². The third kappa shape index (κ3) is 6.24. The number of hydrogen-bond donors (Lipinski definition) is 1. The highest BCUT2D eigenvalue weighted by Gasteiger charge is 2.32. The van der Waals surface area contributed by atoms with Gasteiger partial charge >= 0.3 is 6.18 Å². The first-order valence-corrected chi connectivity index (χ1v) is 6.58. The van der Waals surface area contributed by atoms with Crippen molar-refractivity contribution in [2.75, 3.05) is 39.8 Å². The first-order chi connectivity index (χ1) is 8.81. The molecule has 19 heavy (non-hydrogen) atoms. The first kappa shape index (κ1) is 16.2. The molecule has 1 aliphatic rings. The third-order valence-electron chi connectivity index (χ3n) is 3.43. The topological polar surface area (TPSA) is 35.6 Å². The summed E-state index contributed by atoms with van der Waals surface area (Å²) in [6, 6.07) is 0.138. The van der Waals surface area contributed by atoms with Crippen molar-refractivity contribution in [3.05, 3.63) is 0 Å². The van der Waals surface area contributed by atoms with E-state index in [1.54, 1.807) is 11.9 Å². The summed E-state index contributed by atoms with van der Waals surface area (Å²) in [7, 11) is 1.73. The Kier molecular flexibility index (Phi) is 6.06. The fourth-order valence-corrected chi connectivity index (χ4v) is 2.09. The molecule has 112 valence electrons. The molecule has 0 unspecified atom stereocenters. The minimum atomic E-state index is -4.12. The molecule has 0 saturated carbocycles. The zero-order valence-corrected chi connectivity index (χ0v) is 11.5. The predicted molar refractivity (Wildman–Crippen MR) is 66.8 cm³/mol. The lowest BCUT2D eigenvalue weighted by Crippen LogP contribution is -2.47. The molecule has 1 fully saturated rings. The maximum absolute atomic E-state index is 12.2. The maximum atomic E-state index is 12.2. The number of carbonyl (C=O) groups is 1. The summed E-state index contributed by atoms with van der Waals surface area (Å²) in [6.07, 6.45) is -2.82. The summed E-state index contributed by atoms with van der Waals surface area (Å²) in [5.74, 6) is 0.0141. The van der Waals surface area contributed by atoms with Crippen molar-refractivity contribution in [2.24, 2.45) is 0 Å². The second kappa shape index (κ2) is 7.09. The van der Waals surface area contributed by atoms with Crippen molar-refractivity contribution in [1.29, 1.82) is 0 Å². The fourth-order valence-electron chi connectivity index (χ4n) is 2.09. The number of amides is 1. The lowest BCUT2D eigenvalue weighted by Gasteiger charge is -2.32. The summed E-state index contributed by atoms with van der Waals surface area (Å²) in [4.78, 5) is 14.6. The van der Waals surface area contributed by atoms with E-state index in [-0.39, 0.29) is 18.5 Å². The first-order valence-electron chi connectivity index (χ1n) is 6.58. The molecule has 1 aliphatic heterocycles.